The number of rotatable bonds is 3. The van der Waals surface area contributed by atoms with Crippen molar-refractivity contribution in [2.45, 2.75) is 26.7 Å². The highest BCUT2D eigenvalue weighted by Crippen LogP contribution is 2.52. The fourth-order valence-electron chi connectivity index (χ4n) is 1.35. The zero-order chi connectivity index (χ0) is 9.35. The Morgan fingerprint density at radius 1 is 1.50 bits per heavy atom. The topological polar surface area (TPSA) is 43.4 Å². The Morgan fingerprint density at radius 3 is 2.33 bits per heavy atom. The van der Waals surface area contributed by atoms with E-state index in [1.165, 1.54) is 7.11 Å². The molecule has 0 N–H and O–H groups in total. The van der Waals surface area contributed by atoms with Crippen molar-refractivity contribution in [1.82, 2.24) is 0 Å². The average molecular weight is 170 g/mol. The van der Waals surface area contributed by atoms with E-state index in [-0.39, 0.29) is 23.5 Å². The van der Waals surface area contributed by atoms with Gasteiger partial charge in [-0.1, -0.05) is 13.8 Å². The zero-order valence-corrected chi connectivity index (χ0v) is 7.72. The van der Waals surface area contributed by atoms with E-state index in [4.69, 9.17) is 0 Å². The summed E-state index contributed by atoms with van der Waals surface area (Å²) in [6.45, 7) is 4.07. The molecule has 0 heterocycles. The van der Waals surface area contributed by atoms with Crippen molar-refractivity contribution in [3.63, 3.8) is 0 Å². The lowest BCUT2D eigenvalue weighted by Crippen LogP contribution is -2.13. The van der Waals surface area contributed by atoms with E-state index in [9.17, 15) is 9.59 Å². The van der Waals surface area contributed by atoms with E-state index in [0.29, 0.717) is 0 Å². The first-order valence-electron chi connectivity index (χ1n) is 4.07. The normalized spacial score (nSPS) is 24.8. The molecule has 12 heavy (non-hydrogen) atoms. The van der Waals surface area contributed by atoms with Gasteiger partial charge >= 0.3 is 5.97 Å². The third kappa shape index (κ3) is 1.84. The molecule has 0 amide bonds. The Morgan fingerprint density at radius 2 is 2.00 bits per heavy atom. The largest absolute Gasteiger partial charge is 0.469 e. The van der Waals surface area contributed by atoms with Crippen molar-refractivity contribution in [3.8, 4) is 0 Å². The highest BCUT2D eigenvalue weighted by atomic mass is 16.5. The predicted molar refractivity (Wildman–Crippen MR) is 43.5 cm³/mol. The average Bonchev–Trinajstić information content (AvgIpc) is 2.59. The Bertz CT molecular complexity index is 218. The summed E-state index contributed by atoms with van der Waals surface area (Å²) in [6, 6.07) is 0. The number of ketones is 1. The number of methoxy groups -OCH3 is 1. The molecule has 0 bridgehead atoms. The minimum absolute atomic E-state index is 0.0202. The van der Waals surface area contributed by atoms with Gasteiger partial charge in [0.05, 0.1) is 7.11 Å². The summed E-state index contributed by atoms with van der Waals surface area (Å²) in [5.41, 5.74) is 0.116. The molecular formula is C9H14O3. The molecule has 0 aliphatic heterocycles. The summed E-state index contributed by atoms with van der Waals surface area (Å²) in [7, 11) is 1.30. The van der Waals surface area contributed by atoms with E-state index in [0.717, 1.165) is 6.42 Å². The predicted octanol–water partition coefficient (Wildman–Crippen LogP) is 1.16. The van der Waals surface area contributed by atoms with Crippen molar-refractivity contribution in [2.75, 3.05) is 7.11 Å². The van der Waals surface area contributed by atoms with Crippen molar-refractivity contribution >= 4 is 11.8 Å². The quantitative estimate of drug-likeness (QED) is 0.471. The fourth-order valence-corrected chi connectivity index (χ4v) is 1.35. The SMILES string of the molecule is COC(=O)CC(=O)[C@H]1CC1(C)C. The van der Waals surface area contributed by atoms with E-state index in [2.05, 4.69) is 4.74 Å². The van der Waals surface area contributed by atoms with Crippen LogP contribution in [0.15, 0.2) is 0 Å². The van der Waals surface area contributed by atoms with Gasteiger partial charge in [-0.3, -0.25) is 9.59 Å². The van der Waals surface area contributed by atoms with Crippen LogP contribution in [0.5, 0.6) is 0 Å². The van der Waals surface area contributed by atoms with Crippen LogP contribution in [0.1, 0.15) is 26.7 Å². The van der Waals surface area contributed by atoms with Gasteiger partial charge in [0.15, 0.2) is 0 Å². The lowest BCUT2D eigenvalue weighted by atomic mass is 10.1. The molecule has 1 aliphatic carbocycles. The molecule has 1 rings (SSSR count). The summed E-state index contributed by atoms with van der Waals surface area (Å²) in [4.78, 5) is 22.0. The Balaban J connectivity index is 2.37. The summed E-state index contributed by atoms with van der Waals surface area (Å²) < 4.78 is 4.41. The molecule has 0 aromatic carbocycles. The van der Waals surface area contributed by atoms with Crippen LogP contribution in [0.2, 0.25) is 0 Å². The van der Waals surface area contributed by atoms with Crippen LogP contribution in [0.25, 0.3) is 0 Å². The van der Waals surface area contributed by atoms with Gasteiger partial charge in [0, 0.05) is 5.92 Å². The van der Waals surface area contributed by atoms with Crippen LogP contribution < -0.4 is 0 Å². The van der Waals surface area contributed by atoms with E-state index in [1.54, 1.807) is 0 Å². The van der Waals surface area contributed by atoms with Crippen molar-refractivity contribution in [1.29, 1.82) is 0 Å². The lowest BCUT2D eigenvalue weighted by molar-refractivity contribution is -0.143. The number of Topliss-reactive ketones (excluding diaryl/α,β-unsaturated/α-hetero) is 1. The van der Waals surface area contributed by atoms with Gasteiger partial charge in [0.2, 0.25) is 0 Å². The number of hydrogen-bond donors (Lipinski definition) is 0. The number of esters is 1. The Hall–Kier alpha value is -0.860. The summed E-state index contributed by atoms with van der Waals surface area (Å²) in [5.74, 6) is -0.328. The van der Waals surface area contributed by atoms with Gasteiger partial charge in [0.25, 0.3) is 0 Å². The van der Waals surface area contributed by atoms with Gasteiger partial charge in [-0.05, 0) is 11.8 Å². The Kier molecular flexibility index (Phi) is 2.22. The lowest BCUT2D eigenvalue weighted by Gasteiger charge is -2.00. The Labute approximate surface area is 72.1 Å². The van der Waals surface area contributed by atoms with E-state index >= 15 is 0 Å². The molecule has 1 saturated carbocycles. The molecule has 0 spiro atoms. The van der Waals surface area contributed by atoms with Crippen LogP contribution in [0.3, 0.4) is 0 Å². The van der Waals surface area contributed by atoms with E-state index in [1.807, 2.05) is 13.8 Å². The first kappa shape index (κ1) is 9.23. The molecule has 3 nitrogen and oxygen atoms in total. The van der Waals surface area contributed by atoms with Gasteiger partial charge < -0.3 is 4.74 Å². The smallest absolute Gasteiger partial charge is 0.313 e. The maximum atomic E-state index is 11.3. The summed E-state index contributed by atoms with van der Waals surface area (Å²) in [6.07, 6.45) is 0.841. The molecule has 0 radical (unpaired) electrons. The highest BCUT2D eigenvalue weighted by Gasteiger charge is 2.50. The number of hydrogen-bond acceptors (Lipinski definition) is 3. The molecule has 0 aromatic rings. The molecular weight excluding hydrogens is 156 g/mol. The first-order valence-corrected chi connectivity index (χ1v) is 4.07. The van der Waals surface area contributed by atoms with Crippen LogP contribution in [0, 0.1) is 11.3 Å². The third-order valence-corrected chi connectivity index (χ3v) is 2.45. The molecule has 1 atom stereocenters. The molecule has 0 aromatic heterocycles. The molecule has 1 aliphatic rings. The van der Waals surface area contributed by atoms with Gasteiger partial charge in [0.1, 0.15) is 12.2 Å². The standard InChI is InChI=1S/C9H14O3/c1-9(2)5-6(9)7(10)4-8(11)12-3/h6H,4-5H2,1-3H3/t6-/m1/s1. The van der Waals surface area contributed by atoms with Gasteiger partial charge in [-0.25, -0.2) is 0 Å². The van der Waals surface area contributed by atoms with Crippen molar-refractivity contribution in [2.24, 2.45) is 11.3 Å². The van der Waals surface area contributed by atoms with Crippen LogP contribution >= 0.6 is 0 Å². The van der Waals surface area contributed by atoms with Crippen LogP contribution in [-0.4, -0.2) is 18.9 Å². The zero-order valence-electron chi connectivity index (χ0n) is 7.72. The maximum Gasteiger partial charge on any atom is 0.313 e. The van der Waals surface area contributed by atoms with Crippen LogP contribution in [-0.2, 0) is 14.3 Å². The van der Waals surface area contributed by atoms with Gasteiger partial charge in [-0.2, -0.15) is 0 Å². The second-order valence-electron chi connectivity index (χ2n) is 3.96. The first-order chi connectivity index (χ1) is 5.47. The molecule has 68 valence electrons. The molecule has 1 fully saturated rings. The molecule has 3 heteroatoms. The van der Waals surface area contributed by atoms with Crippen molar-refractivity contribution in [3.05, 3.63) is 0 Å². The third-order valence-electron chi connectivity index (χ3n) is 2.45. The number of carbonyl (C=O) groups is 2. The summed E-state index contributed by atoms with van der Waals surface area (Å²) >= 11 is 0. The second-order valence-corrected chi connectivity index (χ2v) is 3.96. The fraction of sp³-hybridized carbons (Fsp3) is 0.778. The minimum Gasteiger partial charge on any atom is -0.469 e. The monoisotopic (exact) mass is 170 g/mol. The second kappa shape index (κ2) is 2.88. The number of ether oxygens (including phenoxy) is 1. The van der Waals surface area contributed by atoms with Crippen LogP contribution in [0.4, 0.5) is 0 Å². The number of carbonyl (C=O) groups excluding carboxylic acids is 2. The molecule has 0 saturated heterocycles. The molecule has 0 unspecified atom stereocenters. The maximum absolute atomic E-state index is 11.3. The van der Waals surface area contributed by atoms with E-state index < -0.39 is 5.97 Å². The van der Waals surface area contributed by atoms with Crippen molar-refractivity contribution < 1.29 is 14.3 Å². The van der Waals surface area contributed by atoms with Gasteiger partial charge in [-0.15, -0.1) is 0 Å². The summed E-state index contributed by atoms with van der Waals surface area (Å²) in [5, 5.41) is 0. The minimum atomic E-state index is -0.428. The highest BCUT2D eigenvalue weighted by molar-refractivity contribution is 5.98.